The molecular weight excluding hydrogens is 212 g/mol. The standard InChI is InChI=1S/C10H16N2O4/c1-8-10(14)9(13)2-4-12(8)16-7-6-15-5-3-11/h2,4,14H,3,5-7,11H2,1H3. The Labute approximate surface area is 93.2 Å². The molecule has 0 saturated heterocycles. The lowest BCUT2D eigenvalue weighted by Gasteiger charge is -2.12. The number of rotatable bonds is 6. The van der Waals surface area contributed by atoms with E-state index in [1.54, 1.807) is 6.92 Å². The van der Waals surface area contributed by atoms with Crippen molar-refractivity contribution in [3.8, 4) is 5.75 Å². The predicted molar refractivity (Wildman–Crippen MR) is 58.4 cm³/mol. The molecule has 0 aliphatic heterocycles. The summed E-state index contributed by atoms with van der Waals surface area (Å²) in [6.07, 6.45) is 1.46. The summed E-state index contributed by atoms with van der Waals surface area (Å²) in [7, 11) is 0. The molecule has 0 saturated carbocycles. The van der Waals surface area contributed by atoms with Gasteiger partial charge in [0.25, 0.3) is 0 Å². The van der Waals surface area contributed by atoms with Crippen molar-refractivity contribution >= 4 is 0 Å². The van der Waals surface area contributed by atoms with Gasteiger partial charge < -0.3 is 20.4 Å². The molecule has 1 rings (SSSR count). The zero-order valence-electron chi connectivity index (χ0n) is 9.18. The normalized spacial score (nSPS) is 10.4. The van der Waals surface area contributed by atoms with Gasteiger partial charge in [-0.1, -0.05) is 0 Å². The zero-order valence-corrected chi connectivity index (χ0v) is 9.18. The topological polar surface area (TPSA) is 86.7 Å². The molecule has 0 aromatic carbocycles. The predicted octanol–water partition coefficient (Wildman–Crippen LogP) is -0.734. The fourth-order valence-corrected chi connectivity index (χ4v) is 1.13. The van der Waals surface area contributed by atoms with Crippen LogP contribution in [0.25, 0.3) is 0 Å². The van der Waals surface area contributed by atoms with Crippen LogP contribution in [-0.4, -0.2) is 36.2 Å². The molecule has 0 aliphatic carbocycles. The molecule has 0 unspecified atom stereocenters. The summed E-state index contributed by atoms with van der Waals surface area (Å²) in [6.45, 7) is 3.28. The van der Waals surface area contributed by atoms with E-state index in [0.29, 0.717) is 32.1 Å². The smallest absolute Gasteiger partial charge is 0.223 e. The van der Waals surface area contributed by atoms with Crippen LogP contribution in [0.1, 0.15) is 5.69 Å². The Bertz CT molecular complexity index is 389. The molecule has 16 heavy (non-hydrogen) atoms. The van der Waals surface area contributed by atoms with Crippen LogP contribution in [-0.2, 0) is 4.74 Å². The van der Waals surface area contributed by atoms with Crippen molar-refractivity contribution in [3.05, 3.63) is 28.2 Å². The lowest BCUT2D eigenvalue weighted by Crippen LogP contribution is -2.22. The number of hydrogen-bond donors (Lipinski definition) is 2. The number of aromatic hydroxyl groups is 1. The van der Waals surface area contributed by atoms with Crippen molar-refractivity contribution in [1.29, 1.82) is 0 Å². The maximum absolute atomic E-state index is 11.0. The van der Waals surface area contributed by atoms with Gasteiger partial charge in [-0.3, -0.25) is 4.79 Å². The van der Waals surface area contributed by atoms with E-state index in [2.05, 4.69) is 0 Å². The molecule has 0 fully saturated rings. The van der Waals surface area contributed by atoms with Crippen molar-refractivity contribution in [2.75, 3.05) is 26.4 Å². The Morgan fingerprint density at radius 2 is 2.19 bits per heavy atom. The molecule has 0 radical (unpaired) electrons. The fraction of sp³-hybridized carbons (Fsp3) is 0.500. The number of aromatic nitrogens is 1. The van der Waals surface area contributed by atoms with Gasteiger partial charge in [-0.25, -0.2) is 0 Å². The summed E-state index contributed by atoms with van der Waals surface area (Å²) < 4.78 is 6.45. The second kappa shape index (κ2) is 6.14. The Kier molecular flexibility index (Phi) is 4.81. The number of pyridine rings is 1. The first-order valence-electron chi connectivity index (χ1n) is 4.99. The van der Waals surface area contributed by atoms with Crippen LogP contribution in [0, 0.1) is 6.92 Å². The third kappa shape index (κ3) is 3.25. The van der Waals surface area contributed by atoms with Gasteiger partial charge in [0.2, 0.25) is 5.43 Å². The van der Waals surface area contributed by atoms with Crippen molar-refractivity contribution in [2.45, 2.75) is 6.92 Å². The van der Waals surface area contributed by atoms with E-state index in [1.165, 1.54) is 17.0 Å². The van der Waals surface area contributed by atoms with Crippen LogP contribution < -0.4 is 16.0 Å². The number of hydrogen-bond acceptors (Lipinski definition) is 5. The summed E-state index contributed by atoms with van der Waals surface area (Å²) in [6, 6.07) is 1.24. The van der Waals surface area contributed by atoms with E-state index in [1.807, 2.05) is 0 Å². The van der Waals surface area contributed by atoms with Gasteiger partial charge >= 0.3 is 0 Å². The van der Waals surface area contributed by atoms with E-state index < -0.39 is 5.43 Å². The molecule has 6 heteroatoms. The SMILES string of the molecule is Cc1c(O)c(=O)ccn1OCCOCCN. The van der Waals surface area contributed by atoms with Crippen molar-refractivity contribution in [3.63, 3.8) is 0 Å². The average molecular weight is 228 g/mol. The zero-order chi connectivity index (χ0) is 12.0. The minimum atomic E-state index is -0.420. The first-order chi connectivity index (χ1) is 7.66. The van der Waals surface area contributed by atoms with Crippen LogP contribution in [0.4, 0.5) is 0 Å². The summed E-state index contributed by atoms with van der Waals surface area (Å²) >= 11 is 0. The monoisotopic (exact) mass is 228 g/mol. The van der Waals surface area contributed by atoms with Gasteiger partial charge in [0, 0.05) is 18.8 Å². The molecule has 1 aromatic heterocycles. The van der Waals surface area contributed by atoms with E-state index in [0.717, 1.165) is 0 Å². The third-order valence-electron chi connectivity index (χ3n) is 1.99. The van der Waals surface area contributed by atoms with E-state index in [4.69, 9.17) is 15.3 Å². The number of nitrogens with zero attached hydrogens (tertiary/aromatic N) is 1. The highest BCUT2D eigenvalue weighted by Crippen LogP contribution is 2.07. The third-order valence-corrected chi connectivity index (χ3v) is 1.99. The minimum Gasteiger partial charge on any atom is -0.503 e. The van der Waals surface area contributed by atoms with Crippen LogP contribution in [0.5, 0.6) is 5.75 Å². The van der Waals surface area contributed by atoms with Crippen LogP contribution in [0.2, 0.25) is 0 Å². The highest BCUT2D eigenvalue weighted by Gasteiger charge is 2.05. The number of nitrogens with two attached hydrogens (primary N) is 1. The Balaban J connectivity index is 2.49. The Hall–Kier alpha value is -1.53. The first-order valence-corrected chi connectivity index (χ1v) is 4.99. The van der Waals surface area contributed by atoms with Crippen LogP contribution in [0.3, 0.4) is 0 Å². The second-order valence-electron chi connectivity index (χ2n) is 3.17. The largest absolute Gasteiger partial charge is 0.503 e. The first kappa shape index (κ1) is 12.5. The summed E-state index contributed by atoms with van der Waals surface area (Å²) in [5.74, 6) is -0.301. The molecule has 0 atom stereocenters. The van der Waals surface area contributed by atoms with Gasteiger partial charge in [-0.2, -0.15) is 4.73 Å². The van der Waals surface area contributed by atoms with E-state index in [-0.39, 0.29) is 5.75 Å². The molecule has 0 spiro atoms. The molecule has 3 N–H and O–H groups in total. The van der Waals surface area contributed by atoms with Crippen molar-refractivity contribution in [2.24, 2.45) is 5.73 Å². The molecule has 6 nitrogen and oxygen atoms in total. The lowest BCUT2D eigenvalue weighted by molar-refractivity contribution is 0.0370. The van der Waals surface area contributed by atoms with Crippen molar-refractivity contribution < 1.29 is 14.7 Å². The molecule has 90 valence electrons. The van der Waals surface area contributed by atoms with Gasteiger partial charge in [-0.05, 0) is 6.92 Å². The Morgan fingerprint density at radius 3 is 2.88 bits per heavy atom. The highest BCUT2D eigenvalue weighted by molar-refractivity contribution is 5.24. The molecular formula is C10H16N2O4. The second-order valence-corrected chi connectivity index (χ2v) is 3.17. The highest BCUT2D eigenvalue weighted by atomic mass is 16.7. The molecule has 0 bridgehead atoms. The lowest BCUT2D eigenvalue weighted by atomic mass is 10.3. The molecule has 0 amide bonds. The van der Waals surface area contributed by atoms with Gasteiger partial charge in [-0.15, -0.1) is 0 Å². The van der Waals surface area contributed by atoms with Gasteiger partial charge in [0.15, 0.2) is 5.75 Å². The molecule has 1 heterocycles. The van der Waals surface area contributed by atoms with Gasteiger partial charge in [0.1, 0.15) is 6.61 Å². The molecule has 0 aliphatic rings. The summed E-state index contributed by atoms with van der Waals surface area (Å²) in [5, 5.41) is 9.37. The summed E-state index contributed by atoms with van der Waals surface area (Å²) in [5.41, 5.74) is 5.19. The fourth-order valence-electron chi connectivity index (χ4n) is 1.13. The van der Waals surface area contributed by atoms with E-state index in [9.17, 15) is 9.90 Å². The van der Waals surface area contributed by atoms with E-state index >= 15 is 0 Å². The quantitative estimate of drug-likeness (QED) is 0.627. The van der Waals surface area contributed by atoms with Gasteiger partial charge in [0.05, 0.1) is 18.9 Å². The van der Waals surface area contributed by atoms with Crippen LogP contribution in [0.15, 0.2) is 17.1 Å². The maximum atomic E-state index is 11.0. The minimum absolute atomic E-state index is 0.301. The van der Waals surface area contributed by atoms with Crippen LogP contribution >= 0.6 is 0 Å². The summed E-state index contributed by atoms with van der Waals surface area (Å²) in [4.78, 5) is 16.3. The average Bonchev–Trinajstić information content (AvgIpc) is 2.28. The van der Waals surface area contributed by atoms with Crippen molar-refractivity contribution in [1.82, 2.24) is 4.73 Å². The maximum Gasteiger partial charge on any atom is 0.223 e. The molecule has 1 aromatic rings. The Morgan fingerprint density at radius 1 is 1.44 bits per heavy atom. The number of ether oxygens (including phenoxy) is 1.